The summed E-state index contributed by atoms with van der Waals surface area (Å²) >= 11 is 0. The fraction of sp³-hybridized carbons (Fsp3) is 0.250. The van der Waals surface area contributed by atoms with E-state index in [2.05, 4.69) is 0 Å². The Morgan fingerprint density at radius 2 is 1.95 bits per heavy atom. The predicted molar refractivity (Wildman–Crippen MR) is 66.4 cm³/mol. The van der Waals surface area contributed by atoms with E-state index in [-0.39, 0.29) is 24.4 Å². The summed E-state index contributed by atoms with van der Waals surface area (Å²) in [4.78, 5) is 21.4. The SMILES string of the molecule is O=C(O)c1cccc(/C(=C/O)C2OCCO2)c1[N+](=O)[O-]. The Morgan fingerprint density at radius 1 is 1.35 bits per heavy atom. The Balaban J connectivity index is 2.57. The normalized spacial score (nSPS) is 16.3. The zero-order valence-electron chi connectivity index (χ0n) is 10.2. The van der Waals surface area contributed by atoms with Crippen molar-refractivity contribution < 1.29 is 29.4 Å². The number of aliphatic hydroxyl groups excluding tert-OH is 1. The number of hydrogen-bond acceptors (Lipinski definition) is 6. The number of nitro groups is 1. The van der Waals surface area contributed by atoms with Gasteiger partial charge in [-0.25, -0.2) is 4.79 Å². The van der Waals surface area contributed by atoms with E-state index in [1.807, 2.05) is 0 Å². The van der Waals surface area contributed by atoms with Gasteiger partial charge in [0, 0.05) is 0 Å². The Bertz CT molecular complexity index is 575. The molecule has 1 aromatic carbocycles. The minimum Gasteiger partial charge on any atom is -0.515 e. The second kappa shape index (κ2) is 5.68. The average Bonchev–Trinajstić information content (AvgIpc) is 2.93. The summed E-state index contributed by atoms with van der Waals surface area (Å²) in [5.41, 5.74) is -1.12. The van der Waals surface area contributed by atoms with E-state index < -0.39 is 28.4 Å². The van der Waals surface area contributed by atoms with Gasteiger partial charge in [0.1, 0.15) is 5.56 Å². The minimum atomic E-state index is -1.43. The van der Waals surface area contributed by atoms with E-state index in [1.165, 1.54) is 12.1 Å². The number of benzene rings is 1. The third-order valence-electron chi connectivity index (χ3n) is 2.77. The number of carboxylic acid groups (broad SMARTS) is 1. The zero-order chi connectivity index (χ0) is 14.7. The quantitative estimate of drug-likeness (QED) is 0.488. The van der Waals surface area contributed by atoms with Gasteiger partial charge < -0.3 is 19.7 Å². The molecule has 0 saturated carbocycles. The van der Waals surface area contributed by atoms with Gasteiger partial charge in [0.25, 0.3) is 5.69 Å². The summed E-state index contributed by atoms with van der Waals surface area (Å²) in [6.07, 6.45) is -0.327. The average molecular weight is 281 g/mol. The molecule has 1 fully saturated rings. The maximum atomic E-state index is 11.1. The molecule has 1 aliphatic rings. The van der Waals surface area contributed by atoms with Crippen molar-refractivity contribution in [2.75, 3.05) is 13.2 Å². The molecule has 8 heteroatoms. The van der Waals surface area contributed by atoms with Gasteiger partial charge in [-0.15, -0.1) is 0 Å². The van der Waals surface area contributed by atoms with Gasteiger partial charge >= 0.3 is 5.97 Å². The number of carboxylic acids is 1. The molecule has 1 aromatic rings. The Morgan fingerprint density at radius 3 is 2.45 bits per heavy atom. The summed E-state index contributed by atoms with van der Waals surface area (Å²) in [5.74, 6) is -1.43. The molecule has 0 aliphatic carbocycles. The van der Waals surface area contributed by atoms with Gasteiger partial charge in [-0.1, -0.05) is 6.07 Å². The van der Waals surface area contributed by atoms with Crippen molar-refractivity contribution in [3.8, 4) is 0 Å². The predicted octanol–water partition coefficient (Wildman–Crippen LogP) is 1.56. The van der Waals surface area contributed by atoms with Crippen molar-refractivity contribution in [1.29, 1.82) is 0 Å². The van der Waals surface area contributed by atoms with Crippen LogP contribution in [0.3, 0.4) is 0 Å². The van der Waals surface area contributed by atoms with Crippen LogP contribution < -0.4 is 0 Å². The Kier molecular flexibility index (Phi) is 3.97. The van der Waals surface area contributed by atoms with Crippen LogP contribution in [-0.4, -0.2) is 40.6 Å². The van der Waals surface area contributed by atoms with E-state index in [4.69, 9.17) is 14.6 Å². The molecule has 0 spiro atoms. The number of nitrogens with zero attached hydrogens (tertiary/aromatic N) is 1. The molecule has 8 nitrogen and oxygen atoms in total. The van der Waals surface area contributed by atoms with Crippen molar-refractivity contribution >= 4 is 17.2 Å². The molecule has 106 valence electrons. The number of hydrogen-bond donors (Lipinski definition) is 2. The Hall–Kier alpha value is -2.45. The molecule has 1 saturated heterocycles. The maximum Gasteiger partial charge on any atom is 0.342 e. The van der Waals surface area contributed by atoms with Crippen LogP contribution in [0.1, 0.15) is 15.9 Å². The molecule has 0 unspecified atom stereocenters. The van der Waals surface area contributed by atoms with Gasteiger partial charge in [-0.3, -0.25) is 10.1 Å². The van der Waals surface area contributed by atoms with Gasteiger partial charge in [-0.05, 0) is 12.1 Å². The van der Waals surface area contributed by atoms with Crippen LogP contribution in [0.4, 0.5) is 5.69 Å². The van der Waals surface area contributed by atoms with Crippen molar-refractivity contribution in [2.45, 2.75) is 6.29 Å². The van der Waals surface area contributed by atoms with Crippen molar-refractivity contribution in [3.63, 3.8) is 0 Å². The third-order valence-corrected chi connectivity index (χ3v) is 2.77. The Labute approximate surface area is 113 Å². The number of carbonyl (C=O) groups is 1. The highest BCUT2D eigenvalue weighted by Crippen LogP contribution is 2.33. The topological polar surface area (TPSA) is 119 Å². The number of ether oxygens (including phenoxy) is 2. The number of aliphatic hydroxyl groups is 1. The van der Waals surface area contributed by atoms with Crippen molar-refractivity contribution in [3.05, 3.63) is 45.7 Å². The molecule has 0 amide bonds. The molecule has 0 radical (unpaired) electrons. The van der Waals surface area contributed by atoms with E-state index in [9.17, 15) is 20.0 Å². The van der Waals surface area contributed by atoms with Gasteiger partial charge in [-0.2, -0.15) is 0 Å². The number of aromatic carboxylic acids is 1. The summed E-state index contributed by atoms with van der Waals surface area (Å²) < 4.78 is 10.3. The van der Waals surface area contributed by atoms with Crippen LogP contribution in [0.2, 0.25) is 0 Å². The van der Waals surface area contributed by atoms with Crippen molar-refractivity contribution in [1.82, 2.24) is 0 Å². The molecule has 0 bridgehead atoms. The summed E-state index contributed by atoms with van der Waals surface area (Å²) in [6.45, 7) is 0.572. The lowest BCUT2D eigenvalue weighted by Crippen LogP contribution is -2.13. The number of para-hydroxylation sites is 1. The van der Waals surface area contributed by atoms with Crippen LogP contribution in [0.5, 0.6) is 0 Å². The molecular formula is C12H11NO7. The number of nitro benzene ring substituents is 1. The van der Waals surface area contributed by atoms with Crippen LogP contribution in [0.15, 0.2) is 24.5 Å². The first-order valence-electron chi connectivity index (χ1n) is 5.64. The van der Waals surface area contributed by atoms with Crippen LogP contribution >= 0.6 is 0 Å². The van der Waals surface area contributed by atoms with Crippen LogP contribution in [-0.2, 0) is 9.47 Å². The van der Waals surface area contributed by atoms with Crippen LogP contribution in [0, 0.1) is 10.1 Å². The highest BCUT2D eigenvalue weighted by atomic mass is 16.7. The van der Waals surface area contributed by atoms with Gasteiger partial charge in [0.15, 0.2) is 6.29 Å². The molecule has 2 rings (SSSR count). The summed E-state index contributed by atoms with van der Waals surface area (Å²) in [7, 11) is 0. The van der Waals surface area contributed by atoms with E-state index >= 15 is 0 Å². The largest absolute Gasteiger partial charge is 0.515 e. The number of rotatable bonds is 4. The maximum absolute atomic E-state index is 11.1. The molecule has 20 heavy (non-hydrogen) atoms. The first-order valence-corrected chi connectivity index (χ1v) is 5.64. The summed E-state index contributed by atoms with van der Waals surface area (Å²) in [6, 6.07) is 3.80. The van der Waals surface area contributed by atoms with Crippen molar-refractivity contribution in [2.24, 2.45) is 0 Å². The summed E-state index contributed by atoms with van der Waals surface area (Å²) in [5, 5.41) is 29.4. The molecule has 1 aliphatic heterocycles. The van der Waals surface area contributed by atoms with Crippen LogP contribution in [0.25, 0.3) is 5.57 Å². The molecule has 1 heterocycles. The third kappa shape index (κ3) is 2.46. The smallest absolute Gasteiger partial charge is 0.342 e. The molecular weight excluding hydrogens is 270 g/mol. The first kappa shape index (κ1) is 14.0. The second-order valence-electron chi connectivity index (χ2n) is 3.92. The highest BCUT2D eigenvalue weighted by Gasteiger charge is 2.31. The molecule has 2 N–H and O–H groups in total. The minimum absolute atomic E-state index is 0.0114. The first-order chi connectivity index (χ1) is 9.56. The van der Waals surface area contributed by atoms with E-state index in [0.29, 0.717) is 6.26 Å². The second-order valence-corrected chi connectivity index (χ2v) is 3.92. The monoisotopic (exact) mass is 281 g/mol. The fourth-order valence-electron chi connectivity index (χ4n) is 1.94. The van der Waals surface area contributed by atoms with E-state index in [0.717, 1.165) is 6.07 Å². The lowest BCUT2D eigenvalue weighted by Gasteiger charge is -2.13. The van der Waals surface area contributed by atoms with Gasteiger partial charge in [0.2, 0.25) is 0 Å². The fourth-order valence-corrected chi connectivity index (χ4v) is 1.94. The lowest BCUT2D eigenvalue weighted by molar-refractivity contribution is -0.385. The lowest BCUT2D eigenvalue weighted by atomic mass is 10.0. The van der Waals surface area contributed by atoms with E-state index in [1.54, 1.807) is 0 Å². The van der Waals surface area contributed by atoms with Gasteiger partial charge in [0.05, 0.1) is 35.5 Å². The zero-order valence-corrected chi connectivity index (χ0v) is 10.2. The standard InChI is InChI=1S/C12H11NO7/c14-6-9(12-19-4-5-20-12)7-2-1-3-8(11(15)16)10(7)13(17)18/h1-3,6,12,14H,4-5H2,(H,15,16)/b9-6-. The highest BCUT2D eigenvalue weighted by molar-refractivity contribution is 5.95. The molecule has 0 aromatic heterocycles. The molecule has 0 atom stereocenters.